The van der Waals surface area contributed by atoms with Crippen LogP contribution in [0.25, 0.3) is 0 Å². The van der Waals surface area contributed by atoms with Crippen molar-refractivity contribution in [2.24, 2.45) is 34.5 Å². The van der Waals surface area contributed by atoms with Crippen molar-refractivity contribution < 1.29 is 24.0 Å². The van der Waals surface area contributed by atoms with E-state index in [2.05, 4.69) is 26.5 Å². The van der Waals surface area contributed by atoms with Crippen LogP contribution in [0.5, 0.6) is 0 Å². The van der Waals surface area contributed by atoms with E-state index in [1.807, 2.05) is 17.2 Å². The second-order valence-electron chi connectivity index (χ2n) is 11.5. The highest BCUT2D eigenvalue weighted by molar-refractivity contribution is 7.81. The van der Waals surface area contributed by atoms with Crippen LogP contribution in [0.1, 0.15) is 45.1 Å². The third-order valence-electron chi connectivity index (χ3n) is 10.0. The average molecular weight is 484 g/mol. The first-order valence-electron chi connectivity index (χ1n) is 12.4. The molecule has 0 bridgehead atoms. The first-order chi connectivity index (χ1) is 16.2. The van der Waals surface area contributed by atoms with E-state index < -0.39 is 17.1 Å². The Morgan fingerprint density at radius 3 is 2.91 bits per heavy atom. The molecule has 1 saturated heterocycles. The van der Waals surface area contributed by atoms with Crippen LogP contribution in [-0.2, 0) is 21.0 Å². The van der Waals surface area contributed by atoms with Crippen molar-refractivity contribution in [2.45, 2.75) is 57.8 Å². The molecule has 8 atom stereocenters. The zero-order valence-electron chi connectivity index (χ0n) is 19.8. The van der Waals surface area contributed by atoms with Crippen LogP contribution in [0.15, 0.2) is 46.8 Å². The molecule has 7 heteroatoms. The Morgan fingerprint density at radius 1 is 1.35 bits per heavy atom. The highest BCUT2D eigenvalue weighted by Gasteiger charge is 2.74. The van der Waals surface area contributed by atoms with Crippen molar-refractivity contribution in [1.82, 2.24) is 5.06 Å². The molecule has 6 rings (SSSR count). The van der Waals surface area contributed by atoms with Crippen molar-refractivity contribution in [3.8, 4) is 0 Å². The van der Waals surface area contributed by atoms with E-state index >= 15 is 0 Å². The Labute approximate surface area is 205 Å². The summed E-state index contributed by atoms with van der Waals surface area (Å²) in [4.78, 5) is 32.4. The van der Waals surface area contributed by atoms with E-state index in [1.54, 1.807) is 24.7 Å². The van der Waals surface area contributed by atoms with Crippen LogP contribution in [0.3, 0.4) is 0 Å². The molecule has 1 aliphatic heterocycles. The number of allylic oxidation sites excluding steroid dienone is 4. The van der Waals surface area contributed by atoms with Gasteiger partial charge in [0.05, 0.1) is 30.9 Å². The van der Waals surface area contributed by atoms with Gasteiger partial charge in [-0.05, 0) is 55.7 Å². The molecule has 1 N–H and O–H groups in total. The van der Waals surface area contributed by atoms with Gasteiger partial charge in [-0.1, -0.05) is 25.5 Å². The third kappa shape index (κ3) is 2.87. The summed E-state index contributed by atoms with van der Waals surface area (Å²) in [5.74, 6) is 0.841. The lowest BCUT2D eigenvalue weighted by molar-refractivity contribution is -0.252. The number of Topliss-reactive ketones (excluding diaryl/α,β-unsaturated/α-hetero) is 1. The van der Waals surface area contributed by atoms with Crippen molar-refractivity contribution >= 4 is 24.2 Å². The molecule has 0 amide bonds. The molecule has 0 spiro atoms. The number of aliphatic hydroxyl groups excluding tert-OH is 1. The van der Waals surface area contributed by atoms with Crippen LogP contribution in [0, 0.1) is 34.5 Å². The fraction of sp³-hybridized carbons (Fsp3) is 0.630. The number of furan rings is 1. The first kappa shape index (κ1) is 22.8. The maximum absolute atomic E-state index is 13.6. The van der Waals surface area contributed by atoms with Gasteiger partial charge in [0.1, 0.15) is 0 Å². The number of rotatable bonds is 4. The zero-order chi connectivity index (χ0) is 23.9. The summed E-state index contributed by atoms with van der Waals surface area (Å²) in [7, 11) is 0. The van der Waals surface area contributed by atoms with E-state index in [0.717, 1.165) is 30.4 Å². The minimum absolute atomic E-state index is 0.0249. The number of fused-ring (bicyclic) bond motifs is 7. The number of hydrogen-bond donors (Lipinski definition) is 2. The van der Waals surface area contributed by atoms with Gasteiger partial charge in [0, 0.05) is 34.8 Å². The summed E-state index contributed by atoms with van der Waals surface area (Å²) in [5.41, 5.74) is 0.395. The van der Waals surface area contributed by atoms with Gasteiger partial charge in [-0.15, -0.1) is 0 Å². The first-order valence-corrected chi connectivity index (χ1v) is 13.1. The van der Waals surface area contributed by atoms with Gasteiger partial charge in [0.25, 0.3) is 0 Å². The summed E-state index contributed by atoms with van der Waals surface area (Å²) >= 11 is 4.40. The number of thiol groups is 1. The molecule has 1 aromatic heterocycles. The fourth-order valence-corrected chi connectivity index (χ4v) is 8.97. The maximum Gasteiger partial charge on any atom is 0.178 e. The SMILES string of the molecule is C[C@]12C=CC(=O)C=C1CC[C@@H]1[C@@H]2[C@@H](O)C[C@@]2(C)[C@H]1C[C@H]1CN(Cc3ccoc3)O[C@]12C(=O)CS. The molecule has 4 fully saturated rings. The molecular formula is C27H33NO5S. The summed E-state index contributed by atoms with van der Waals surface area (Å²) in [5, 5.41) is 13.6. The molecule has 0 radical (unpaired) electrons. The fourth-order valence-electron chi connectivity index (χ4n) is 8.74. The molecule has 0 unspecified atom stereocenters. The molecular weight excluding hydrogens is 450 g/mol. The summed E-state index contributed by atoms with van der Waals surface area (Å²) in [6, 6.07) is 1.92. The third-order valence-corrected chi connectivity index (χ3v) is 10.3. The highest BCUT2D eigenvalue weighted by atomic mass is 32.1. The Balaban J connectivity index is 1.37. The lowest BCUT2D eigenvalue weighted by Gasteiger charge is -2.60. The van der Waals surface area contributed by atoms with Crippen molar-refractivity contribution in [3.05, 3.63) is 48.0 Å². The van der Waals surface area contributed by atoms with Crippen molar-refractivity contribution in [3.63, 3.8) is 0 Å². The Bertz CT molecular complexity index is 1080. The van der Waals surface area contributed by atoms with E-state index in [9.17, 15) is 14.7 Å². The summed E-state index contributed by atoms with van der Waals surface area (Å²) in [6.07, 6.45) is 11.5. The topological polar surface area (TPSA) is 80.0 Å². The minimum Gasteiger partial charge on any atom is -0.472 e. The average Bonchev–Trinajstić information content (AvgIpc) is 3.49. The smallest absolute Gasteiger partial charge is 0.178 e. The number of nitrogens with zero attached hydrogens (tertiary/aromatic N) is 1. The molecule has 4 aliphatic carbocycles. The Hall–Kier alpha value is -1.67. The number of hydroxylamine groups is 2. The lowest BCUT2D eigenvalue weighted by atomic mass is 9.46. The Morgan fingerprint density at radius 2 is 2.18 bits per heavy atom. The second-order valence-corrected chi connectivity index (χ2v) is 11.8. The van der Waals surface area contributed by atoms with Crippen LogP contribution in [-0.4, -0.2) is 45.7 Å². The van der Waals surface area contributed by atoms with Gasteiger partial charge in [-0.2, -0.15) is 17.7 Å². The van der Waals surface area contributed by atoms with Crippen LogP contribution >= 0.6 is 12.6 Å². The molecule has 5 aliphatic rings. The molecule has 3 saturated carbocycles. The van der Waals surface area contributed by atoms with E-state index in [1.165, 1.54) is 0 Å². The number of hydrogen-bond acceptors (Lipinski definition) is 7. The van der Waals surface area contributed by atoms with Gasteiger partial charge in [-0.25, -0.2) is 0 Å². The highest BCUT2D eigenvalue weighted by Crippen LogP contribution is 2.70. The molecule has 2 heterocycles. The molecule has 182 valence electrons. The number of aliphatic hydroxyl groups is 1. The quantitative estimate of drug-likeness (QED) is 0.635. The molecule has 6 nitrogen and oxygen atoms in total. The van der Waals surface area contributed by atoms with Gasteiger partial charge in [0.15, 0.2) is 17.2 Å². The largest absolute Gasteiger partial charge is 0.472 e. The zero-order valence-corrected chi connectivity index (χ0v) is 20.7. The minimum atomic E-state index is -0.968. The number of carbonyl (C=O) groups excluding carboxylic acids is 2. The standard InChI is InChI=1S/C27H33NO5S/c1-25-7-5-19(29)9-17(25)3-4-20-21-10-18-13-28(12-16-6-8-32-14-16)33-27(18,23(31)15-34)26(21,2)11-22(30)24(20)25/h5-9,14,18,20-22,24,30,34H,3-4,10-13,15H2,1-2H3/t18-,20-,21-,22-,24+,25-,26-,27-/m0/s1. The molecule has 34 heavy (non-hydrogen) atoms. The van der Waals surface area contributed by atoms with Gasteiger partial charge < -0.3 is 9.52 Å². The van der Waals surface area contributed by atoms with Crippen molar-refractivity contribution in [2.75, 3.05) is 12.3 Å². The van der Waals surface area contributed by atoms with Crippen LogP contribution in [0.4, 0.5) is 0 Å². The monoisotopic (exact) mass is 483 g/mol. The Kier molecular flexibility index (Phi) is 5.13. The molecule has 0 aromatic carbocycles. The predicted octanol–water partition coefficient (Wildman–Crippen LogP) is 3.77. The van der Waals surface area contributed by atoms with E-state index in [4.69, 9.17) is 9.25 Å². The normalized spacial score (nSPS) is 45.4. The van der Waals surface area contributed by atoms with Crippen LogP contribution < -0.4 is 0 Å². The maximum atomic E-state index is 13.6. The van der Waals surface area contributed by atoms with Crippen LogP contribution in [0.2, 0.25) is 0 Å². The lowest BCUT2D eigenvalue weighted by Crippen LogP contribution is -2.63. The van der Waals surface area contributed by atoms with E-state index in [-0.39, 0.29) is 46.4 Å². The van der Waals surface area contributed by atoms with Gasteiger partial charge in [0.2, 0.25) is 0 Å². The number of ketones is 2. The van der Waals surface area contributed by atoms with Gasteiger partial charge >= 0.3 is 0 Å². The molecule has 1 aromatic rings. The van der Waals surface area contributed by atoms with Crippen molar-refractivity contribution in [1.29, 1.82) is 0 Å². The summed E-state index contributed by atoms with van der Waals surface area (Å²) in [6.45, 7) is 5.60. The predicted molar refractivity (Wildman–Crippen MR) is 129 cm³/mol. The second kappa shape index (κ2) is 7.66. The number of carbonyl (C=O) groups is 2. The van der Waals surface area contributed by atoms with Gasteiger partial charge in [-0.3, -0.25) is 14.4 Å². The van der Waals surface area contributed by atoms with E-state index in [0.29, 0.717) is 19.5 Å². The summed E-state index contributed by atoms with van der Waals surface area (Å²) < 4.78 is 5.23.